The van der Waals surface area contributed by atoms with Gasteiger partial charge in [-0.3, -0.25) is 0 Å². The highest BCUT2D eigenvalue weighted by Gasteiger charge is 2.13. The molecular weight excluding hydrogens is 478 g/mol. The van der Waals surface area contributed by atoms with Crippen molar-refractivity contribution in [3.05, 3.63) is 24.3 Å². The molecule has 0 aromatic heterocycles. The summed E-state index contributed by atoms with van der Waals surface area (Å²) in [6.45, 7) is 4.24. The molecule has 7 nitrogen and oxygen atoms in total. The normalized spacial score (nSPS) is 10.9. The van der Waals surface area contributed by atoms with E-state index in [2.05, 4.69) is 22.5 Å². The van der Waals surface area contributed by atoms with Crippen molar-refractivity contribution in [2.24, 2.45) is 0 Å². The standard InChI is InChI=1S/C31H55N3O4/c1-4-5-6-7-8-9-10-11-12-13-14-15-16-17-18-21-25-32-30(35)37-28-23-19-20-24-29(28)38-31(36)33-26-22-27-34(2)3/h19-20,23-24H,4-18,21-22,25-27H2,1-3H3,(H,32,35)(H,33,36). The third-order valence-electron chi connectivity index (χ3n) is 6.61. The van der Waals surface area contributed by atoms with Crippen LogP contribution in [0.25, 0.3) is 0 Å². The van der Waals surface area contributed by atoms with Crippen LogP contribution in [0.3, 0.4) is 0 Å². The zero-order valence-corrected chi connectivity index (χ0v) is 24.5. The maximum Gasteiger partial charge on any atom is 0.412 e. The van der Waals surface area contributed by atoms with Crippen LogP contribution in [0.15, 0.2) is 24.3 Å². The van der Waals surface area contributed by atoms with Gasteiger partial charge in [0.2, 0.25) is 0 Å². The minimum atomic E-state index is -0.562. The number of nitrogens with zero attached hydrogens (tertiary/aromatic N) is 1. The minimum Gasteiger partial charge on any atom is -0.406 e. The molecule has 0 aliphatic rings. The van der Waals surface area contributed by atoms with Gasteiger partial charge >= 0.3 is 12.2 Å². The van der Waals surface area contributed by atoms with Crippen molar-refractivity contribution < 1.29 is 19.1 Å². The Bertz CT molecular complexity index is 727. The van der Waals surface area contributed by atoms with Gasteiger partial charge in [0.25, 0.3) is 0 Å². The molecule has 0 spiro atoms. The third kappa shape index (κ3) is 19.8. The molecule has 1 aromatic rings. The topological polar surface area (TPSA) is 79.9 Å². The number of unbranched alkanes of at least 4 members (excludes halogenated alkanes) is 15. The monoisotopic (exact) mass is 533 g/mol. The number of hydrogen-bond donors (Lipinski definition) is 2. The summed E-state index contributed by atoms with van der Waals surface area (Å²) in [6.07, 6.45) is 20.9. The zero-order valence-electron chi connectivity index (χ0n) is 24.5. The number of hydrogen-bond acceptors (Lipinski definition) is 5. The predicted molar refractivity (Wildman–Crippen MR) is 157 cm³/mol. The molecule has 0 fully saturated rings. The molecule has 0 saturated heterocycles. The van der Waals surface area contributed by atoms with E-state index in [0.29, 0.717) is 13.1 Å². The minimum absolute atomic E-state index is 0.218. The van der Waals surface area contributed by atoms with E-state index in [9.17, 15) is 9.59 Å². The first-order valence-electron chi connectivity index (χ1n) is 15.2. The van der Waals surface area contributed by atoms with Crippen LogP contribution in [0.5, 0.6) is 11.5 Å². The Balaban J connectivity index is 2.02. The largest absolute Gasteiger partial charge is 0.412 e. The van der Waals surface area contributed by atoms with Crippen molar-refractivity contribution >= 4 is 12.2 Å². The highest BCUT2D eigenvalue weighted by molar-refractivity contribution is 5.74. The van der Waals surface area contributed by atoms with Gasteiger partial charge in [0.15, 0.2) is 11.5 Å². The van der Waals surface area contributed by atoms with Gasteiger partial charge in [0, 0.05) is 13.1 Å². The van der Waals surface area contributed by atoms with Crippen molar-refractivity contribution in [1.29, 1.82) is 0 Å². The van der Waals surface area contributed by atoms with Crippen LogP contribution in [-0.2, 0) is 0 Å². The molecule has 0 saturated carbocycles. The molecule has 218 valence electrons. The van der Waals surface area contributed by atoms with Gasteiger partial charge in [-0.05, 0) is 45.6 Å². The van der Waals surface area contributed by atoms with Crippen LogP contribution in [-0.4, -0.2) is 50.8 Å². The predicted octanol–water partition coefficient (Wildman–Crippen LogP) is 8.08. The molecule has 38 heavy (non-hydrogen) atoms. The van der Waals surface area contributed by atoms with E-state index in [-0.39, 0.29) is 11.5 Å². The average Bonchev–Trinajstić information content (AvgIpc) is 2.89. The fraction of sp³-hybridized carbons (Fsp3) is 0.742. The van der Waals surface area contributed by atoms with Gasteiger partial charge in [-0.1, -0.05) is 115 Å². The summed E-state index contributed by atoms with van der Waals surface area (Å²) in [5.74, 6) is 0.440. The number of carbonyl (C=O) groups is 2. The van der Waals surface area contributed by atoms with Crippen LogP contribution >= 0.6 is 0 Å². The highest BCUT2D eigenvalue weighted by Crippen LogP contribution is 2.26. The summed E-state index contributed by atoms with van der Waals surface area (Å²) in [7, 11) is 3.97. The van der Waals surface area contributed by atoms with E-state index in [0.717, 1.165) is 25.8 Å². The number of carbonyl (C=O) groups excluding carboxylic acids is 2. The van der Waals surface area contributed by atoms with E-state index in [1.54, 1.807) is 24.3 Å². The molecule has 0 heterocycles. The van der Waals surface area contributed by atoms with Crippen LogP contribution < -0.4 is 20.1 Å². The number of amides is 2. The number of ether oxygens (including phenoxy) is 2. The Hall–Kier alpha value is -2.28. The molecular formula is C31H55N3O4. The molecule has 1 aromatic carbocycles. The molecule has 0 aliphatic carbocycles. The number of para-hydroxylation sites is 2. The van der Waals surface area contributed by atoms with Crippen molar-refractivity contribution in [2.45, 2.75) is 116 Å². The Labute approximate surface area is 232 Å². The highest BCUT2D eigenvalue weighted by atomic mass is 16.6. The van der Waals surface area contributed by atoms with Gasteiger partial charge in [-0.2, -0.15) is 0 Å². The Morgan fingerprint density at radius 1 is 0.605 bits per heavy atom. The Morgan fingerprint density at radius 2 is 0.974 bits per heavy atom. The maximum atomic E-state index is 12.2. The second-order valence-corrected chi connectivity index (χ2v) is 10.5. The fourth-order valence-corrected chi connectivity index (χ4v) is 4.34. The van der Waals surface area contributed by atoms with Crippen LogP contribution in [0, 0.1) is 0 Å². The van der Waals surface area contributed by atoms with Crippen molar-refractivity contribution in [1.82, 2.24) is 15.5 Å². The summed E-state index contributed by atoms with van der Waals surface area (Å²) >= 11 is 0. The van der Waals surface area contributed by atoms with E-state index in [1.807, 2.05) is 14.1 Å². The van der Waals surface area contributed by atoms with Crippen LogP contribution in [0.1, 0.15) is 116 Å². The van der Waals surface area contributed by atoms with E-state index >= 15 is 0 Å². The lowest BCUT2D eigenvalue weighted by molar-refractivity contribution is 0.189. The Morgan fingerprint density at radius 3 is 1.37 bits per heavy atom. The van der Waals surface area contributed by atoms with Gasteiger partial charge in [-0.15, -0.1) is 0 Å². The number of benzene rings is 1. The fourth-order valence-electron chi connectivity index (χ4n) is 4.34. The first-order valence-corrected chi connectivity index (χ1v) is 15.2. The SMILES string of the molecule is CCCCCCCCCCCCCCCCCCNC(=O)Oc1ccccc1OC(=O)NCCCN(C)C. The molecule has 1 rings (SSSR count). The van der Waals surface area contributed by atoms with Crippen molar-refractivity contribution in [3.8, 4) is 11.5 Å². The van der Waals surface area contributed by atoms with E-state index < -0.39 is 12.2 Å². The van der Waals surface area contributed by atoms with Gasteiger partial charge < -0.3 is 25.0 Å². The lowest BCUT2D eigenvalue weighted by atomic mass is 10.0. The van der Waals surface area contributed by atoms with Crippen LogP contribution in [0.4, 0.5) is 9.59 Å². The van der Waals surface area contributed by atoms with E-state index in [1.165, 1.54) is 89.9 Å². The van der Waals surface area contributed by atoms with Crippen LogP contribution in [0.2, 0.25) is 0 Å². The molecule has 0 bridgehead atoms. The maximum absolute atomic E-state index is 12.2. The molecule has 2 N–H and O–H groups in total. The van der Waals surface area contributed by atoms with Crippen molar-refractivity contribution in [3.63, 3.8) is 0 Å². The molecule has 2 amide bonds. The molecule has 7 heteroatoms. The van der Waals surface area contributed by atoms with Gasteiger partial charge in [0.05, 0.1) is 0 Å². The van der Waals surface area contributed by atoms with E-state index in [4.69, 9.17) is 9.47 Å². The quantitative estimate of drug-likeness (QED) is 0.139. The number of rotatable bonds is 23. The first kappa shape index (κ1) is 33.7. The molecule has 0 unspecified atom stereocenters. The summed E-state index contributed by atoms with van der Waals surface area (Å²) in [5.41, 5.74) is 0. The summed E-state index contributed by atoms with van der Waals surface area (Å²) < 4.78 is 10.7. The second-order valence-electron chi connectivity index (χ2n) is 10.5. The first-order chi connectivity index (χ1) is 18.5. The molecule has 0 aliphatic heterocycles. The smallest absolute Gasteiger partial charge is 0.406 e. The molecule has 0 atom stereocenters. The second kappa shape index (κ2) is 23.8. The summed E-state index contributed by atoms with van der Waals surface area (Å²) in [6, 6.07) is 6.69. The lowest BCUT2D eigenvalue weighted by Crippen LogP contribution is -2.30. The van der Waals surface area contributed by atoms with Gasteiger partial charge in [-0.25, -0.2) is 9.59 Å². The lowest BCUT2D eigenvalue weighted by Gasteiger charge is -2.12. The van der Waals surface area contributed by atoms with Gasteiger partial charge in [0.1, 0.15) is 0 Å². The summed E-state index contributed by atoms with van der Waals surface area (Å²) in [5, 5.41) is 5.50. The van der Waals surface area contributed by atoms with Crippen molar-refractivity contribution in [2.75, 3.05) is 33.7 Å². The average molecular weight is 534 g/mol. The zero-order chi connectivity index (χ0) is 27.7. The Kier molecular flexibility index (Phi) is 21.1. The summed E-state index contributed by atoms with van der Waals surface area (Å²) in [4.78, 5) is 26.3. The number of nitrogens with one attached hydrogen (secondary N) is 2. The third-order valence-corrected chi connectivity index (χ3v) is 6.61. The molecule has 0 radical (unpaired) electrons.